The van der Waals surface area contributed by atoms with E-state index in [1.165, 1.54) is 4.90 Å². The molecule has 0 spiro atoms. The van der Waals surface area contributed by atoms with Crippen LogP contribution in [0.15, 0.2) is 35.6 Å². The molecule has 0 atom stereocenters. The molecule has 2 heterocycles. The van der Waals surface area contributed by atoms with Crippen LogP contribution in [-0.4, -0.2) is 36.0 Å². The number of nitrogens with zero attached hydrogens (tertiary/aromatic N) is 1. The molecule has 116 valence electrons. The van der Waals surface area contributed by atoms with Crippen LogP contribution in [-0.2, 0) is 14.3 Å². The number of imide groups is 1. The fourth-order valence-corrected chi connectivity index (χ4v) is 2.85. The summed E-state index contributed by atoms with van der Waals surface area (Å²) < 4.78 is 10.9. The minimum absolute atomic E-state index is 0.0598. The molecule has 1 aromatic rings. The highest BCUT2D eigenvalue weighted by molar-refractivity contribution is 6.32. The molecule has 0 aromatic heterocycles. The third-order valence-corrected chi connectivity index (χ3v) is 4.21. The summed E-state index contributed by atoms with van der Waals surface area (Å²) >= 11 is 6.05. The molecule has 2 aliphatic heterocycles. The molecule has 0 N–H and O–H groups in total. The first-order chi connectivity index (χ1) is 10.6. The minimum atomic E-state index is -0.394. The van der Waals surface area contributed by atoms with Gasteiger partial charge in [0.2, 0.25) is 5.76 Å². The molecule has 6 heteroatoms. The zero-order valence-electron chi connectivity index (χ0n) is 12.2. The normalized spacial score (nSPS) is 20.0. The zero-order chi connectivity index (χ0) is 15.7. The number of hydrogen-bond acceptors (Lipinski definition) is 4. The van der Waals surface area contributed by atoms with Crippen LogP contribution in [0.25, 0.3) is 0 Å². The average Bonchev–Trinajstić information content (AvgIpc) is 2.74. The highest BCUT2D eigenvalue weighted by Crippen LogP contribution is 2.31. The number of benzene rings is 1. The van der Waals surface area contributed by atoms with E-state index in [2.05, 4.69) is 0 Å². The van der Waals surface area contributed by atoms with Gasteiger partial charge in [0, 0.05) is 19.3 Å². The Kier molecular flexibility index (Phi) is 4.18. The van der Waals surface area contributed by atoms with Gasteiger partial charge < -0.3 is 9.47 Å². The molecule has 0 unspecified atom stereocenters. The van der Waals surface area contributed by atoms with Gasteiger partial charge in [0.1, 0.15) is 5.75 Å². The van der Waals surface area contributed by atoms with Crippen LogP contribution >= 0.6 is 11.6 Å². The number of rotatable bonds is 3. The van der Waals surface area contributed by atoms with Gasteiger partial charge in [-0.15, -0.1) is 0 Å². The van der Waals surface area contributed by atoms with Gasteiger partial charge in [-0.2, -0.15) is 0 Å². The van der Waals surface area contributed by atoms with Gasteiger partial charge in [0.15, 0.2) is 0 Å². The molecule has 0 radical (unpaired) electrons. The monoisotopic (exact) mass is 321 g/mol. The lowest BCUT2D eigenvalue weighted by molar-refractivity contribution is -0.143. The van der Waals surface area contributed by atoms with Crippen LogP contribution < -0.4 is 4.74 Å². The molecule has 5 nitrogen and oxygen atoms in total. The molecule has 0 aliphatic carbocycles. The summed E-state index contributed by atoms with van der Waals surface area (Å²) in [5.74, 6) is -0.258. The smallest absolute Gasteiger partial charge is 0.297 e. The van der Waals surface area contributed by atoms with Crippen LogP contribution in [0.1, 0.15) is 19.8 Å². The molecule has 22 heavy (non-hydrogen) atoms. The van der Waals surface area contributed by atoms with E-state index in [-0.39, 0.29) is 17.7 Å². The van der Waals surface area contributed by atoms with E-state index in [0.29, 0.717) is 42.4 Å². The Bertz CT molecular complexity index is 649. The predicted molar refractivity (Wildman–Crippen MR) is 80.5 cm³/mol. The van der Waals surface area contributed by atoms with Gasteiger partial charge in [-0.1, -0.05) is 23.7 Å². The van der Waals surface area contributed by atoms with E-state index >= 15 is 0 Å². The maximum absolute atomic E-state index is 12.6. The third-order valence-electron chi connectivity index (χ3n) is 3.90. The number of halogens is 1. The first-order valence-corrected chi connectivity index (χ1v) is 7.56. The largest absolute Gasteiger partial charge is 0.449 e. The fourth-order valence-electron chi connectivity index (χ4n) is 2.67. The number of ether oxygens (including phenoxy) is 2. The van der Waals surface area contributed by atoms with Crippen molar-refractivity contribution in [3.63, 3.8) is 0 Å². The van der Waals surface area contributed by atoms with Crippen molar-refractivity contribution in [3.05, 3.63) is 40.6 Å². The van der Waals surface area contributed by atoms with E-state index in [9.17, 15) is 9.59 Å². The second-order valence-corrected chi connectivity index (χ2v) is 5.72. The summed E-state index contributed by atoms with van der Waals surface area (Å²) in [5, 5.41) is 0.396. The lowest BCUT2D eigenvalue weighted by Crippen LogP contribution is -2.44. The zero-order valence-corrected chi connectivity index (χ0v) is 12.9. The topological polar surface area (TPSA) is 55.8 Å². The van der Waals surface area contributed by atoms with Gasteiger partial charge >= 0.3 is 0 Å². The molecule has 2 aliphatic rings. The van der Waals surface area contributed by atoms with Crippen molar-refractivity contribution in [2.45, 2.75) is 25.8 Å². The first kappa shape index (κ1) is 15.1. The van der Waals surface area contributed by atoms with Crippen LogP contribution in [0.3, 0.4) is 0 Å². The van der Waals surface area contributed by atoms with Gasteiger partial charge in [-0.3, -0.25) is 14.5 Å². The number of carbonyl (C=O) groups excluding carboxylic acids is 2. The minimum Gasteiger partial charge on any atom is -0.449 e. The summed E-state index contributed by atoms with van der Waals surface area (Å²) in [4.78, 5) is 26.3. The average molecular weight is 322 g/mol. The molecule has 2 amide bonds. The van der Waals surface area contributed by atoms with Crippen molar-refractivity contribution in [2.24, 2.45) is 0 Å². The SMILES string of the molecule is CC1=C(Oc2ccccc2Cl)C(=O)N(C2CCOCC2)C1=O. The lowest BCUT2D eigenvalue weighted by atomic mass is 10.1. The Morgan fingerprint density at radius 1 is 1.18 bits per heavy atom. The molecule has 1 fully saturated rings. The Labute approximate surface area is 133 Å². The second kappa shape index (κ2) is 6.10. The van der Waals surface area contributed by atoms with Crippen LogP contribution in [0.4, 0.5) is 0 Å². The van der Waals surface area contributed by atoms with Gasteiger partial charge in [0.25, 0.3) is 11.8 Å². The summed E-state index contributed by atoms with van der Waals surface area (Å²) in [6.45, 7) is 2.72. The number of hydrogen-bond donors (Lipinski definition) is 0. The number of amides is 2. The van der Waals surface area contributed by atoms with Crippen molar-refractivity contribution < 1.29 is 19.1 Å². The third kappa shape index (κ3) is 2.62. The van der Waals surface area contributed by atoms with Crippen LogP contribution in [0, 0.1) is 0 Å². The lowest BCUT2D eigenvalue weighted by Gasteiger charge is -2.29. The molecule has 1 aromatic carbocycles. The maximum Gasteiger partial charge on any atom is 0.297 e. The van der Waals surface area contributed by atoms with E-state index in [0.717, 1.165) is 0 Å². The standard InChI is InChI=1S/C16H16ClNO4/c1-10-14(22-13-5-3-2-4-12(13)17)16(20)18(15(10)19)11-6-8-21-9-7-11/h2-5,11H,6-9H2,1H3. The predicted octanol–water partition coefficient (Wildman–Crippen LogP) is 2.54. The van der Waals surface area contributed by atoms with Crippen molar-refractivity contribution in [1.29, 1.82) is 0 Å². The van der Waals surface area contributed by atoms with Crippen molar-refractivity contribution >= 4 is 23.4 Å². The van der Waals surface area contributed by atoms with E-state index in [1.54, 1.807) is 31.2 Å². The molecule has 3 rings (SSSR count). The van der Waals surface area contributed by atoms with E-state index < -0.39 is 5.91 Å². The summed E-state index contributed by atoms with van der Waals surface area (Å²) in [6.07, 6.45) is 1.31. The Balaban J connectivity index is 1.84. The highest BCUT2D eigenvalue weighted by Gasteiger charge is 2.42. The Morgan fingerprint density at radius 2 is 1.86 bits per heavy atom. The molecule has 1 saturated heterocycles. The Morgan fingerprint density at radius 3 is 2.55 bits per heavy atom. The van der Waals surface area contributed by atoms with Crippen LogP contribution in [0.2, 0.25) is 5.02 Å². The summed E-state index contributed by atoms with van der Waals surface area (Å²) in [7, 11) is 0. The fraction of sp³-hybridized carbons (Fsp3) is 0.375. The first-order valence-electron chi connectivity index (χ1n) is 7.18. The van der Waals surface area contributed by atoms with E-state index in [1.807, 2.05) is 0 Å². The van der Waals surface area contributed by atoms with Gasteiger partial charge in [-0.25, -0.2) is 0 Å². The van der Waals surface area contributed by atoms with Crippen molar-refractivity contribution in [2.75, 3.05) is 13.2 Å². The molecular formula is C16H16ClNO4. The van der Waals surface area contributed by atoms with Gasteiger partial charge in [0.05, 0.1) is 10.6 Å². The quantitative estimate of drug-likeness (QED) is 0.803. The molecular weight excluding hydrogens is 306 g/mol. The van der Waals surface area contributed by atoms with Crippen molar-refractivity contribution in [3.8, 4) is 5.75 Å². The summed E-state index contributed by atoms with van der Waals surface area (Å²) in [6, 6.07) is 6.74. The maximum atomic E-state index is 12.6. The van der Waals surface area contributed by atoms with Crippen molar-refractivity contribution in [1.82, 2.24) is 4.90 Å². The number of para-hydroxylation sites is 1. The second-order valence-electron chi connectivity index (χ2n) is 5.31. The summed E-state index contributed by atoms with van der Waals surface area (Å²) in [5.41, 5.74) is 0.316. The van der Waals surface area contributed by atoms with Gasteiger partial charge in [-0.05, 0) is 31.9 Å². The highest BCUT2D eigenvalue weighted by atomic mass is 35.5. The van der Waals surface area contributed by atoms with Crippen LogP contribution in [0.5, 0.6) is 5.75 Å². The molecule has 0 bridgehead atoms. The van der Waals surface area contributed by atoms with E-state index in [4.69, 9.17) is 21.1 Å². The number of carbonyl (C=O) groups is 2. The molecule has 0 saturated carbocycles. The Hall–Kier alpha value is -1.85.